The number of hydrogen-bond acceptors (Lipinski definition) is 4. The van der Waals surface area contributed by atoms with Crippen LogP contribution in [0.3, 0.4) is 0 Å². The van der Waals surface area contributed by atoms with E-state index >= 15 is 0 Å². The lowest BCUT2D eigenvalue weighted by molar-refractivity contribution is -0.171. The van der Waals surface area contributed by atoms with Gasteiger partial charge < -0.3 is 20.5 Å². The number of carbonyl (C=O) groups excluding carboxylic acids is 1. The fraction of sp³-hybridized carbons (Fsp3) is 0.667. The second kappa shape index (κ2) is 8.88. The van der Waals surface area contributed by atoms with Crippen LogP contribution >= 0.6 is 24.0 Å². The van der Waals surface area contributed by atoms with E-state index in [1.807, 2.05) is 39.0 Å². The highest BCUT2D eigenvalue weighted by molar-refractivity contribution is 6.31. The number of carbonyl (C=O) groups is 1. The Labute approximate surface area is 179 Å². The number of ether oxygens (including phenoxy) is 2. The summed E-state index contributed by atoms with van der Waals surface area (Å²) in [6.45, 7) is 8.43. The summed E-state index contributed by atoms with van der Waals surface area (Å²) in [6, 6.07) is 7.88. The van der Waals surface area contributed by atoms with Crippen molar-refractivity contribution in [2.45, 2.75) is 57.1 Å². The lowest BCUT2D eigenvalue weighted by Gasteiger charge is -2.57. The van der Waals surface area contributed by atoms with Gasteiger partial charge in [-0.05, 0) is 31.4 Å². The maximum absolute atomic E-state index is 13.1. The molecule has 158 valence electrons. The summed E-state index contributed by atoms with van der Waals surface area (Å²) < 4.78 is 11.3. The zero-order valence-corrected chi connectivity index (χ0v) is 18.5. The lowest BCUT2D eigenvalue weighted by Crippen LogP contribution is -2.76. The average molecular weight is 431 g/mol. The van der Waals surface area contributed by atoms with Crippen molar-refractivity contribution in [2.24, 2.45) is 11.1 Å². The molecule has 7 heteroatoms. The number of halogens is 2. The third-order valence-electron chi connectivity index (χ3n) is 6.72. The third-order valence-corrected chi connectivity index (χ3v) is 7.05. The lowest BCUT2D eigenvalue weighted by atomic mass is 9.54. The van der Waals surface area contributed by atoms with Crippen molar-refractivity contribution in [2.75, 3.05) is 26.4 Å². The number of rotatable bonds is 6. The van der Waals surface area contributed by atoms with Gasteiger partial charge in [-0.25, -0.2) is 0 Å². The molecule has 1 saturated heterocycles. The highest BCUT2D eigenvalue weighted by Gasteiger charge is 2.63. The van der Waals surface area contributed by atoms with Crippen LogP contribution in [-0.4, -0.2) is 43.9 Å². The molecule has 2 fully saturated rings. The highest BCUT2D eigenvalue weighted by atomic mass is 35.5. The highest BCUT2D eigenvalue weighted by Crippen LogP contribution is 2.50. The molecule has 0 spiro atoms. The Morgan fingerprint density at radius 2 is 1.96 bits per heavy atom. The summed E-state index contributed by atoms with van der Waals surface area (Å²) in [4.78, 5) is 13.1. The minimum absolute atomic E-state index is 0. The van der Waals surface area contributed by atoms with Gasteiger partial charge in [-0.1, -0.05) is 43.6 Å². The molecule has 2 atom stereocenters. The van der Waals surface area contributed by atoms with Crippen LogP contribution in [0.2, 0.25) is 5.02 Å². The van der Waals surface area contributed by atoms with Crippen molar-refractivity contribution in [1.29, 1.82) is 0 Å². The minimum Gasteiger partial charge on any atom is -0.381 e. The van der Waals surface area contributed by atoms with Gasteiger partial charge in [-0.2, -0.15) is 0 Å². The second-order valence-electron chi connectivity index (χ2n) is 8.40. The monoisotopic (exact) mass is 430 g/mol. The summed E-state index contributed by atoms with van der Waals surface area (Å²) in [6.07, 6.45) is 2.19. The molecule has 1 saturated carbocycles. The first-order chi connectivity index (χ1) is 12.8. The summed E-state index contributed by atoms with van der Waals surface area (Å²) in [7, 11) is 0. The van der Waals surface area contributed by atoms with E-state index in [0.717, 1.165) is 23.4 Å². The SMILES string of the molecule is CCOC1CC(N)(C(=O)NCC2(c3ccccc3Cl)CCOCC2)C1(C)C.Cl. The van der Waals surface area contributed by atoms with Crippen molar-refractivity contribution in [3.05, 3.63) is 34.9 Å². The normalized spacial score (nSPS) is 28.0. The summed E-state index contributed by atoms with van der Waals surface area (Å²) in [5.41, 5.74) is 6.05. The van der Waals surface area contributed by atoms with E-state index in [-0.39, 0.29) is 29.8 Å². The molecule has 1 heterocycles. The molecule has 0 bridgehead atoms. The molecule has 28 heavy (non-hydrogen) atoms. The Hall–Kier alpha value is -0.850. The van der Waals surface area contributed by atoms with Crippen LogP contribution in [0.5, 0.6) is 0 Å². The van der Waals surface area contributed by atoms with E-state index in [2.05, 4.69) is 11.4 Å². The average Bonchev–Trinajstić information content (AvgIpc) is 2.66. The molecular formula is C21H32Cl2N2O3. The van der Waals surface area contributed by atoms with Gasteiger partial charge in [-0.15, -0.1) is 12.4 Å². The Balaban J connectivity index is 0.00000280. The molecule has 3 rings (SSSR count). The van der Waals surface area contributed by atoms with Gasteiger partial charge in [0.15, 0.2) is 0 Å². The van der Waals surface area contributed by atoms with Crippen LogP contribution in [-0.2, 0) is 19.7 Å². The molecule has 1 aliphatic heterocycles. The molecule has 2 aliphatic rings. The minimum atomic E-state index is -0.917. The fourth-order valence-electron chi connectivity index (χ4n) is 4.42. The van der Waals surface area contributed by atoms with Gasteiger partial charge in [0.1, 0.15) is 5.54 Å². The van der Waals surface area contributed by atoms with Crippen LogP contribution in [0.1, 0.15) is 45.6 Å². The summed E-state index contributed by atoms with van der Waals surface area (Å²) in [5.74, 6) is -0.110. The molecule has 0 radical (unpaired) electrons. The van der Waals surface area contributed by atoms with Crippen molar-refractivity contribution < 1.29 is 14.3 Å². The number of amides is 1. The van der Waals surface area contributed by atoms with Crippen molar-refractivity contribution in [1.82, 2.24) is 5.32 Å². The van der Waals surface area contributed by atoms with Gasteiger partial charge in [-0.3, -0.25) is 4.79 Å². The van der Waals surface area contributed by atoms with E-state index in [4.69, 9.17) is 26.8 Å². The van der Waals surface area contributed by atoms with Gasteiger partial charge in [0.05, 0.1) is 6.10 Å². The Morgan fingerprint density at radius 3 is 2.54 bits per heavy atom. The quantitative estimate of drug-likeness (QED) is 0.724. The molecule has 5 nitrogen and oxygen atoms in total. The number of nitrogens with one attached hydrogen (secondary N) is 1. The largest absolute Gasteiger partial charge is 0.381 e. The molecule has 1 amide bonds. The van der Waals surface area contributed by atoms with Gasteiger partial charge in [0.25, 0.3) is 0 Å². The first-order valence-electron chi connectivity index (χ1n) is 9.78. The van der Waals surface area contributed by atoms with Crippen LogP contribution in [0, 0.1) is 5.41 Å². The predicted molar refractivity (Wildman–Crippen MR) is 114 cm³/mol. The van der Waals surface area contributed by atoms with Crippen LogP contribution in [0.25, 0.3) is 0 Å². The molecular weight excluding hydrogens is 399 g/mol. The van der Waals surface area contributed by atoms with E-state index in [1.165, 1.54) is 0 Å². The first kappa shape index (κ1) is 23.4. The number of benzene rings is 1. The molecule has 1 aromatic rings. The molecule has 1 aromatic carbocycles. The molecule has 2 unspecified atom stereocenters. The van der Waals surface area contributed by atoms with Crippen LogP contribution in [0.4, 0.5) is 0 Å². The Kier molecular flexibility index (Phi) is 7.43. The predicted octanol–water partition coefficient (Wildman–Crippen LogP) is 3.46. The van der Waals surface area contributed by atoms with Crippen molar-refractivity contribution >= 4 is 29.9 Å². The van der Waals surface area contributed by atoms with Crippen LogP contribution in [0.15, 0.2) is 24.3 Å². The van der Waals surface area contributed by atoms with Gasteiger partial charge >= 0.3 is 0 Å². The van der Waals surface area contributed by atoms with E-state index in [9.17, 15) is 4.79 Å². The number of hydrogen-bond donors (Lipinski definition) is 2. The van der Waals surface area contributed by atoms with E-state index in [0.29, 0.717) is 32.8 Å². The van der Waals surface area contributed by atoms with Crippen molar-refractivity contribution in [3.63, 3.8) is 0 Å². The standard InChI is InChI=1S/C21H31ClN2O3.ClH/c1-4-27-17-13-21(23,19(17,2)3)18(25)24-14-20(9-11-26-12-10-20)15-7-5-6-8-16(15)22;/h5-8,17H,4,9-14,23H2,1-3H3,(H,24,25);1H. The fourth-order valence-corrected chi connectivity index (χ4v) is 4.76. The zero-order valence-electron chi connectivity index (χ0n) is 16.9. The van der Waals surface area contributed by atoms with E-state index in [1.54, 1.807) is 0 Å². The summed E-state index contributed by atoms with van der Waals surface area (Å²) >= 11 is 6.50. The maximum Gasteiger partial charge on any atom is 0.240 e. The van der Waals surface area contributed by atoms with Crippen LogP contribution < -0.4 is 11.1 Å². The maximum atomic E-state index is 13.1. The second-order valence-corrected chi connectivity index (χ2v) is 8.80. The third kappa shape index (κ3) is 3.92. The van der Waals surface area contributed by atoms with Crippen molar-refractivity contribution in [3.8, 4) is 0 Å². The van der Waals surface area contributed by atoms with Gasteiger partial charge in [0, 0.05) is 48.6 Å². The molecule has 0 aromatic heterocycles. The number of nitrogens with two attached hydrogens (primary N) is 1. The summed E-state index contributed by atoms with van der Waals surface area (Å²) in [5, 5.41) is 3.88. The van der Waals surface area contributed by atoms with Gasteiger partial charge in [0.2, 0.25) is 5.91 Å². The Morgan fingerprint density at radius 1 is 1.32 bits per heavy atom. The van der Waals surface area contributed by atoms with E-state index < -0.39 is 11.0 Å². The topological polar surface area (TPSA) is 73.6 Å². The Bertz CT molecular complexity index is 692. The first-order valence-corrected chi connectivity index (χ1v) is 10.2. The molecule has 3 N–H and O–H groups in total. The smallest absolute Gasteiger partial charge is 0.240 e. The zero-order chi connectivity index (χ0) is 19.7. The molecule has 1 aliphatic carbocycles.